The van der Waals surface area contributed by atoms with Gasteiger partial charge in [0.25, 0.3) is 5.91 Å². The minimum absolute atomic E-state index is 0. The SMILES string of the molecule is CNC(C)CNC(=O)c1ccc2ncsc2c1.Cl.Cl. The first kappa shape index (κ1) is 18.1. The molecule has 1 atom stereocenters. The van der Waals surface area contributed by atoms with Crippen LogP contribution in [0.1, 0.15) is 17.3 Å². The van der Waals surface area contributed by atoms with Gasteiger partial charge in [0, 0.05) is 18.2 Å². The van der Waals surface area contributed by atoms with Crippen molar-refractivity contribution in [3.05, 3.63) is 29.3 Å². The predicted octanol–water partition coefficient (Wildman–Crippen LogP) is 2.48. The Kier molecular flexibility index (Phi) is 7.94. The number of benzene rings is 1. The van der Waals surface area contributed by atoms with E-state index in [1.807, 2.05) is 26.1 Å². The normalized spacial score (nSPS) is 11.3. The van der Waals surface area contributed by atoms with Crippen molar-refractivity contribution >= 4 is 52.3 Å². The van der Waals surface area contributed by atoms with E-state index in [1.54, 1.807) is 22.9 Å². The molecule has 0 radical (unpaired) electrons. The average Bonchev–Trinajstić information content (AvgIpc) is 2.82. The van der Waals surface area contributed by atoms with Crippen molar-refractivity contribution in [2.75, 3.05) is 13.6 Å². The molecule has 7 heteroatoms. The molecule has 4 nitrogen and oxygen atoms in total. The number of nitrogens with zero attached hydrogens (tertiary/aromatic N) is 1. The Labute approximate surface area is 128 Å². The number of amides is 1. The average molecular weight is 322 g/mol. The van der Waals surface area contributed by atoms with Crippen LogP contribution in [0.2, 0.25) is 0 Å². The summed E-state index contributed by atoms with van der Waals surface area (Å²) >= 11 is 1.54. The lowest BCUT2D eigenvalue weighted by Gasteiger charge is -2.11. The Balaban J connectivity index is 0.00000162. The maximum absolute atomic E-state index is 11.9. The monoisotopic (exact) mass is 321 g/mol. The van der Waals surface area contributed by atoms with Crippen LogP contribution < -0.4 is 10.6 Å². The summed E-state index contributed by atoms with van der Waals surface area (Å²) in [5, 5.41) is 5.96. The molecule has 2 rings (SSSR count). The Hall–Kier alpha value is -0.880. The number of rotatable bonds is 4. The second-order valence-electron chi connectivity index (χ2n) is 3.93. The van der Waals surface area contributed by atoms with E-state index < -0.39 is 0 Å². The van der Waals surface area contributed by atoms with Crippen molar-refractivity contribution in [2.45, 2.75) is 13.0 Å². The maximum atomic E-state index is 11.9. The van der Waals surface area contributed by atoms with E-state index in [2.05, 4.69) is 15.6 Å². The highest BCUT2D eigenvalue weighted by Gasteiger charge is 2.08. The molecule has 1 amide bonds. The summed E-state index contributed by atoms with van der Waals surface area (Å²) in [7, 11) is 1.88. The quantitative estimate of drug-likeness (QED) is 0.909. The van der Waals surface area contributed by atoms with Crippen LogP contribution in [0.25, 0.3) is 10.2 Å². The molecule has 0 bridgehead atoms. The standard InChI is InChI=1S/C12H15N3OS.2ClH/c1-8(13-2)6-14-12(16)9-3-4-10-11(5-9)17-7-15-10;;/h3-5,7-8,13H,6H2,1-2H3,(H,14,16);2*1H. The fourth-order valence-electron chi connectivity index (χ4n) is 1.45. The summed E-state index contributed by atoms with van der Waals surface area (Å²) in [6.07, 6.45) is 0. The van der Waals surface area contributed by atoms with Crippen LogP contribution in [0.15, 0.2) is 23.7 Å². The molecule has 0 saturated heterocycles. The number of likely N-dealkylation sites (N-methyl/N-ethyl adjacent to an activating group) is 1. The molecular weight excluding hydrogens is 305 g/mol. The van der Waals surface area contributed by atoms with Crippen LogP contribution in [0.5, 0.6) is 0 Å². The van der Waals surface area contributed by atoms with Gasteiger partial charge >= 0.3 is 0 Å². The molecule has 106 valence electrons. The fourth-order valence-corrected chi connectivity index (χ4v) is 2.16. The molecule has 0 fully saturated rings. The minimum atomic E-state index is -0.0394. The second kappa shape index (κ2) is 8.32. The van der Waals surface area contributed by atoms with Crippen molar-refractivity contribution in [2.24, 2.45) is 0 Å². The number of carbonyl (C=O) groups excluding carboxylic acids is 1. The number of fused-ring (bicyclic) bond motifs is 1. The van der Waals surface area contributed by atoms with E-state index in [0.717, 1.165) is 10.2 Å². The van der Waals surface area contributed by atoms with E-state index in [1.165, 1.54) is 0 Å². The topological polar surface area (TPSA) is 54.0 Å². The van der Waals surface area contributed by atoms with Crippen molar-refractivity contribution in [3.8, 4) is 0 Å². The summed E-state index contributed by atoms with van der Waals surface area (Å²) in [6, 6.07) is 5.84. The zero-order valence-corrected chi connectivity index (χ0v) is 13.1. The first-order chi connectivity index (χ1) is 8.20. The fraction of sp³-hybridized carbons (Fsp3) is 0.333. The third kappa shape index (κ3) is 4.62. The molecule has 1 aromatic heterocycles. The number of carbonyl (C=O) groups is 1. The van der Waals surface area contributed by atoms with E-state index in [9.17, 15) is 4.79 Å². The predicted molar refractivity (Wildman–Crippen MR) is 85.0 cm³/mol. The minimum Gasteiger partial charge on any atom is -0.350 e. The Morgan fingerprint density at radius 2 is 2.16 bits per heavy atom. The van der Waals surface area contributed by atoms with E-state index >= 15 is 0 Å². The molecule has 0 aliphatic carbocycles. The van der Waals surface area contributed by atoms with Gasteiger partial charge in [0.05, 0.1) is 15.7 Å². The van der Waals surface area contributed by atoms with Gasteiger partial charge in [0.2, 0.25) is 0 Å². The highest BCUT2D eigenvalue weighted by molar-refractivity contribution is 7.16. The van der Waals surface area contributed by atoms with Gasteiger partial charge in [-0.15, -0.1) is 36.2 Å². The highest BCUT2D eigenvalue weighted by Crippen LogP contribution is 2.18. The van der Waals surface area contributed by atoms with Crippen molar-refractivity contribution in [3.63, 3.8) is 0 Å². The summed E-state index contributed by atoms with van der Waals surface area (Å²) in [5.41, 5.74) is 3.41. The summed E-state index contributed by atoms with van der Waals surface area (Å²) in [4.78, 5) is 16.1. The van der Waals surface area contributed by atoms with Gasteiger partial charge in [-0.2, -0.15) is 0 Å². The Bertz CT molecular complexity index is 532. The summed E-state index contributed by atoms with van der Waals surface area (Å²) in [5.74, 6) is -0.0394. The smallest absolute Gasteiger partial charge is 0.251 e. The zero-order chi connectivity index (χ0) is 12.3. The molecule has 1 unspecified atom stereocenters. The first-order valence-corrected chi connectivity index (χ1v) is 6.37. The number of hydrogen-bond acceptors (Lipinski definition) is 4. The Morgan fingerprint density at radius 3 is 2.84 bits per heavy atom. The van der Waals surface area contributed by atoms with Crippen LogP contribution in [0.3, 0.4) is 0 Å². The first-order valence-electron chi connectivity index (χ1n) is 5.49. The largest absolute Gasteiger partial charge is 0.350 e. The number of hydrogen-bond donors (Lipinski definition) is 2. The molecule has 0 spiro atoms. The Morgan fingerprint density at radius 1 is 1.42 bits per heavy atom. The molecule has 1 heterocycles. The van der Waals surface area contributed by atoms with Crippen LogP contribution in [-0.4, -0.2) is 30.5 Å². The molecule has 2 N–H and O–H groups in total. The van der Waals surface area contributed by atoms with Crippen LogP contribution >= 0.6 is 36.2 Å². The van der Waals surface area contributed by atoms with Crippen LogP contribution in [0.4, 0.5) is 0 Å². The molecule has 2 aromatic rings. The number of thiazole rings is 1. The number of aromatic nitrogens is 1. The molecule has 1 aromatic carbocycles. The molecule has 0 aliphatic rings. The van der Waals surface area contributed by atoms with Gasteiger partial charge in [-0.1, -0.05) is 0 Å². The van der Waals surface area contributed by atoms with Crippen LogP contribution in [-0.2, 0) is 0 Å². The van der Waals surface area contributed by atoms with Gasteiger partial charge in [-0.3, -0.25) is 4.79 Å². The zero-order valence-electron chi connectivity index (χ0n) is 10.7. The molecule has 19 heavy (non-hydrogen) atoms. The molecular formula is C12H17Cl2N3OS. The van der Waals surface area contributed by atoms with Gasteiger partial charge in [-0.05, 0) is 32.2 Å². The molecule has 0 saturated carbocycles. The third-order valence-corrected chi connectivity index (χ3v) is 3.45. The third-order valence-electron chi connectivity index (χ3n) is 2.66. The number of halogens is 2. The summed E-state index contributed by atoms with van der Waals surface area (Å²) in [6.45, 7) is 2.64. The molecule has 0 aliphatic heterocycles. The van der Waals surface area contributed by atoms with Gasteiger partial charge in [0.15, 0.2) is 0 Å². The van der Waals surface area contributed by atoms with Crippen LogP contribution in [0, 0.1) is 0 Å². The highest BCUT2D eigenvalue weighted by atomic mass is 35.5. The van der Waals surface area contributed by atoms with E-state index in [0.29, 0.717) is 12.1 Å². The number of nitrogens with one attached hydrogen (secondary N) is 2. The lowest BCUT2D eigenvalue weighted by molar-refractivity contribution is 0.0950. The van der Waals surface area contributed by atoms with E-state index in [-0.39, 0.29) is 36.8 Å². The second-order valence-corrected chi connectivity index (χ2v) is 4.82. The van der Waals surface area contributed by atoms with Crippen molar-refractivity contribution in [1.82, 2.24) is 15.6 Å². The van der Waals surface area contributed by atoms with Gasteiger partial charge in [-0.25, -0.2) is 4.98 Å². The maximum Gasteiger partial charge on any atom is 0.251 e. The lowest BCUT2D eigenvalue weighted by atomic mass is 10.2. The van der Waals surface area contributed by atoms with Gasteiger partial charge in [0.1, 0.15) is 0 Å². The van der Waals surface area contributed by atoms with Crippen molar-refractivity contribution < 1.29 is 4.79 Å². The van der Waals surface area contributed by atoms with Crippen molar-refractivity contribution in [1.29, 1.82) is 0 Å². The van der Waals surface area contributed by atoms with Gasteiger partial charge < -0.3 is 10.6 Å². The lowest BCUT2D eigenvalue weighted by Crippen LogP contribution is -2.37. The summed E-state index contributed by atoms with van der Waals surface area (Å²) < 4.78 is 1.04. The van der Waals surface area contributed by atoms with E-state index in [4.69, 9.17) is 0 Å².